The van der Waals surface area contributed by atoms with Crippen LogP contribution in [0.1, 0.15) is 38.1 Å². The van der Waals surface area contributed by atoms with Crippen molar-refractivity contribution < 1.29 is 4.79 Å². The smallest absolute Gasteiger partial charge is 0.163 e. The molecule has 0 saturated carbocycles. The van der Waals surface area contributed by atoms with Crippen LogP contribution in [0.2, 0.25) is 0 Å². The Balaban J connectivity index is 1.51. The van der Waals surface area contributed by atoms with Gasteiger partial charge in [0.05, 0.1) is 22.6 Å². The number of aliphatic imine (C=N–C) groups is 1. The molecule has 1 N–H and O–H groups in total. The third-order valence-electron chi connectivity index (χ3n) is 5.91. The Labute approximate surface area is 196 Å². The van der Waals surface area contributed by atoms with Gasteiger partial charge in [-0.1, -0.05) is 6.08 Å². The zero-order chi connectivity index (χ0) is 23.8. The average Bonchev–Trinajstić information content (AvgIpc) is 3.43. The maximum absolute atomic E-state index is 12.4. The fraction of sp³-hybridized carbons (Fsp3) is 0.292. The molecule has 2 aliphatic heterocycles. The number of imidazole rings is 1. The number of aromatic nitrogens is 4. The molecule has 34 heavy (non-hydrogen) atoms. The molecule has 10 heteroatoms. The number of nitrogens with zero attached hydrogens (tertiary/aromatic N) is 8. The number of aryl methyl sites for hydroxylation is 1. The Kier molecular flexibility index (Phi) is 5.37. The number of anilines is 1. The van der Waals surface area contributed by atoms with Crippen molar-refractivity contribution in [2.45, 2.75) is 39.8 Å². The molecule has 0 fully saturated rings. The maximum atomic E-state index is 12.4. The molecule has 5 rings (SSSR count). The first kappa shape index (κ1) is 21.5. The van der Waals surface area contributed by atoms with E-state index in [9.17, 15) is 10.1 Å². The van der Waals surface area contributed by atoms with E-state index < -0.39 is 5.92 Å². The lowest BCUT2D eigenvalue weighted by atomic mass is 9.97. The van der Waals surface area contributed by atoms with Crippen LogP contribution in [-0.2, 0) is 4.79 Å². The molecule has 0 saturated heterocycles. The molecule has 0 amide bonds. The number of carbonyl (C=O) groups is 1. The molecule has 2 atom stereocenters. The standard InChI is InChI=1S/C24H23N9O/c1-14-4-8-22(30-29-14)27-17-5-7-20-21(11-17)32(13-26-20)23-9-6-19(16(3)34)24(28-23)33-15(2)10-18(12-25)31-33/h4-5,7,9-11,13,19,22,27H,6,8H2,1-3H3. The number of ketones is 1. The zero-order valence-corrected chi connectivity index (χ0v) is 19.1. The molecule has 0 radical (unpaired) electrons. The molecule has 0 aliphatic carbocycles. The summed E-state index contributed by atoms with van der Waals surface area (Å²) in [5.74, 6) is 0.714. The summed E-state index contributed by atoms with van der Waals surface area (Å²) >= 11 is 0. The normalized spacial score (nSPS) is 19.9. The average molecular weight is 454 g/mol. The zero-order valence-electron chi connectivity index (χ0n) is 19.1. The summed E-state index contributed by atoms with van der Waals surface area (Å²) in [5.41, 5.74) is 4.54. The van der Waals surface area contributed by atoms with E-state index in [1.165, 1.54) is 0 Å². The molecule has 0 bridgehead atoms. The molecular formula is C24H23N9O. The fourth-order valence-electron chi connectivity index (χ4n) is 4.12. The number of fused-ring (bicyclic) bond motifs is 1. The Hall–Kier alpha value is -4.39. The van der Waals surface area contributed by atoms with E-state index in [4.69, 9.17) is 4.99 Å². The van der Waals surface area contributed by atoms with Crippen molar-refractivity contribution in [1.29, 1.82) is 5.26 Å². The van der Waals surface area contributed by atoms with Crippen LogP contribution in [-0.4, -0.2) is 37.1 Å². The van der Waals surface area contributed by atoms with E-state index in [1.807, 2.05) is 48.8 Å². The highest BCUT2D eigenvalue weighted by molar-refractivity contribution is 6.06. The Morgan fingerprint density at radius 3 is 2.76 bits per heavy atom. The van der Waals surface area contributed by atoms with E-state index in [-0.39, 0.29) is 17.6 Å². The van der Waals surface area contributed by atoms with Gasteiger partial charge in [0.25, 0.3) is 0 Å². The van der Waals surface area contributed by atoms with Crippen LogP contribution in [0.15, 0.2) is 63.7 Å². The second-order valence-corrected chi connectivity index (χ2v) is 8.40. The third-order valence-corrected chi connectivity index (χ3v) is 5.91. The Bertz CT molecular complexity index is 1460. The number of allylic oxidation sites excluding steroid dienone is 2. The number of azo groups is 1. The van der Waals surface area contributed by atoms with Gasteiger partial charge in [-0.15, -0.1) is 0 Å². The fourth-order valence-corrected chi connectivity index (χ4v) is 4.12. The summed E-state index contributed by atoms with van der Waals surface area (Å²) in [6.45, 7) is 5.32. The lowest BCUT2D eigenvalue weighted by Gasteiger charge is -2.22. The van der Waals surface area contributed by atoms with Crippen molar-refractivity contribution in [3.8, 4) is 6.07 Å². The van der Waals surface area contributed by atoms with Crippen LogP contribution in [0.4, 0.5) is 5.69 Å². The number of hydrogen-bond donors (Lipinski definition) is 1. The van der Waals surface area contributed by atoms with Gasteiger partial charge in [0.15, 0.2) is 5.69 Å². The number of hydrogen-bond acceptors (Lipinski definition) is 8. The van der Waals surface area contributed by atoms with E-state index in [0.29, 0.717) is 18.1 Å². The molecule has 3 aromatic rings. The first-order valence-electron chi connectivity index (χ1n) is 11.0. The van der Waals surface area contributed by atoms with Crippen LogP contribution in [0.3, 0.4) is 0 Å². The highest BCUT2D eigenvalue weighted by Gasteiger charge is 2.28. The molecule has 4 heterocycles. The van der Waals surface area contributed by atoms with Crippen molar-refractivity contribution >= 4 is 34.2 Å². The van der Waals surface area contributed by atoms with E-state index in [2.05, 4.69) is 31.7 Å². The van der Waals surface area contributed by atoms with Gasteiger partial charge in [-0.05, 0) is 57.5 Å². The van der Waals surface area contributed by atoms with Crippen LogP contribution in [0.5, 0.6) is 0 Å². The van der Waals surface area contributed by atoms with E-state index >= 15 is 0 Å². The second-order valence-electron chi connectivity index (χ2n) is 8.40. The van der Waals surface area contributed by atoms with Gasteiger partial charge < -0.3 is 5.32 Å². The summed E-state index contributed by atoms with van der Waals surface area (Å²) < 4.78 is 3.49. The first-order valence-corrected chi connectivity index (χ1v) is 11.0. The minimum atomic E-state index is -0.436. The van der Waals surface area contributed by atoms with Crippen molar-refractivity contribution in [2.75, 3.05) is 5.32 Å². The van der Waals surface area contributed by atoms with Crippen molar-refractivity contribution in [3.63, 3.8) is 0 Å². The number of carbonyl (C=O) groups excluding carboxylic acids is 1. The third kappa shape index (κ3) is 3.92. The summed E-state index contributed by atoms with van der Waals surface area (Å²) in [7, 11) is 0. The first-order chi connectivity index (χ1) is 16.4. The number of nitrogens with one attached hydrogen (secondary N) is 1. The van der Waals surface area contributed by atoms with Crippen LogP contribution in [0.25, 0.3) is 16.9 Å². The van der Waals surface area contributed by atoms with Gasteiger partial charge in [-0.25, -0.2) is 14.7 Å². The number of rotatable bonds is 4. The van der Waals surface area contributed by atoms with E-state index in [0.717, 1.165) is 34.5 Å². The number of benzene rings is 1. The minimum absolute atomic E-state index is 0.00429. The molecule has 0 spiro atoms. The van der Waals surface area contributed by atoms with Crippen molar-refractivity contribution in [2.24, 2.45) is 21.1 Å². The van der Waals surface area contributed by atoms with Gasteiger partial charge in [0.2, 0.25) is 0 Å². The largest absolute Gasteiger partial charge is 0.362 e. The van der Waals surface area contributed by atoms with Gasteiger partial charge >= 0.3 is 0 Å². The molecule has 2 aliphatic rings. The van der Waals surface area contributed by atoms with Gasteiger partial charge in [0, 0.05) is 17.8 Å². The van der Waals surface area contributed by atoms with Crippen molar-refractivity contribution in [3.05, 3.63) is 59.8 Å². The maximum Gasteiger partial charge on any atom is 0.163 e. The van der Waals surface area contributed by atoms with Gasteiger partial charge in [-0.2, -0.15) is 20.6 Å². The highest BCUT2D eigenvalue weighted by Crippen LogP contribution is 2.28. The lowest BCUT2D eigenvalue weighted by molar-refractivity contribution is -0.118. The van der Waals surface area contributed by atoms with Crippen LogP contribution < -0.4 is 5.32 Å². The molecule has 170 valence electrons. The molecule has 1 aromatic carbocycles. The monoisotopic (exact) mass is 453 g/mol. The topological polar surface area (TPSA) is 126 Å². The molecule has 2 unspecified atom stereocenters. The summed E-state index contributed by atoms with van der Waals surface area (Å²) in [5, 5.41) is 25.4. The summed E-state index contributed by atoms with van der Waals surface area (Å²) in [4.78, 5) is 21.7. The molecular weight excluding hydrogens is 430 g/mol. The quantitative estimate of drug-likeness (QED) is 0.631. The Morgan fingerprint density at radius 2 is 2.06 bits per heavy atom. The molecule has 10 nitrogen and oxygen atoms in total. The SMILES string of the molecule is CC(=O)C1CC=C(n2cnc3ccc(NC4CC=C(C)N=N4)cc32)N=C1n1nc(C#N)cc1C. The number of nitriles is 1. The predicted octanol–water partition coefficient (Wildman–Crippen LogP) is 4.26. The van der Waals surface area contributed by atoms with E-state index in [1.54, 1.807) is 24.0 Å². The second kappa shape index (κ2) is 8.51. The van der Waals surface area contributed by atoms with Crippen LogP contribution >= 0.6 is 0 Å². The summed E-state index contributed by atoms with van der Waals surface area (Å²) in [6, 6.07) is 9.64. The highest BCUT2D eigenvalue weighted by atomic mass is 16.1. The van der Waals surface area contributed by atoms with Crippen LogP contribution in [0, 0.1) is 24.2 Å². The number of Topliss-reactive ketones (excluding diaryl/α,β-unsaturated/α-hetero) is 1. The minimum Gasteiger partial charge on any atom is -0.362 e. The summed E-state index contributed by atoms with van der Waals surface area (Å²) in [6.07, 6.45) is 6.84. The van der Waals surface area contributed by atoms with Gasteiger partial charge in [-0.3, -0.25) is 9.36 Å². The Morgan fingerprint density at radius 1 is 1.21 bits per heavy atom. The molecule has 2 aromatic heterocycles. The predicted molar refractivity (Wildman–Crippen MR) is 128 cm³/mol. The van der Waals surface area contributed by atoms with Crippen molar-refractivity contribution in [1.82, 2.24) is 19.3 Å². The van der Waals surface area contributed by atoms with Gasteiger partial charge in [0.1, 0.15) is 36.0 Å². The lowest BCUT2D eigenvalue weighted by Crippen LogP contribution is -2.31.